The second kappa shape index (κ2) is 7.70. The lowest BCUT2D eigenvalue weighted by atomic mass is 9.55. The molecule has 3 aliphatic carbocycles. The summed E-state index contributed by atoms with van der Waals surface area (Å²) in [6, 6.07) is 0. The van der Waals surface area contributed by atoms with Crippen LogP contribution < -0.4 is 0 Å². The van der Waals surface area contributed by atoms with Gasteiger partial charge in [-0.1, -0.05) is 18.9 Å². The summed E-state index contributed by atoms with van der Waals surface area (Å²) >= 11 is 2.30. The van der Waals surface area contributed by atoms with Crippen LogP contribution in [0.15, 0.2) is 9.66 Å². The third-order valence-electron chi connectivity index (χ3n) is 5.81. The number of aliphatic hydroxyl groups is 2. The first-order valence-electron chi connectivity index (χ1n) is 9.01. The highest BCUT2D eigenvalue weighted by Crippen LogP contribution is 2.58. The topological polar surface area (TPSA) is 76.0 Å². The number of carbonyl (C=O) groups is 1. The van der Waals surface area contributed by atoms with Crippen molar-refractivity contribution in [1.82, 2.24) is 0 Å². The van der Waals surface area contributed by atoms with Crippen LogP contribution in [0.3, 0.4) is 0 Å². The van der Waals surface area contributed by atoms with E-state index in [1.54, 1.807) is 0 Å². The van der Waals surface area contributed by atoms with Crippen molar-refractivity contribution in [1.29, 1.82) is 0 Å². The van der Waals surface area contributed by atoms with E-state index in [0.29, 0.717) is 13.2 Å². The second-order valence-corrected chi connectivity index (χ2v) is 8.43. The predicted octanol–water partition coefficient (Wildman–Crippen LogP) is 2.37. The summed E-state index contributed by atoms with van der Waals surface area (Å²) in [6.07, 6.45) is 7.83. The average molecular weight is 450 g/mol. The monoisotopic (exact) mass is 450 g/mol. The minimum atomic E-state index is -0.944. The zero-order valence-corrected chi connectivity index (χ0v) is 16.2. The molecule has 4 aliphatic rings. The molecule has 5 nitrogen and oxygen atoms in total. The Hall–Kier alpha value is -0.0200. The molecule has 2 fully saturated rings. The molecule has 1 aliphatic heterocycles. The van der Waals surface area contributed by atoms with Crippen molar-refractivity contribution < 1.29 is 24.5 Å². The second-order valence-electron chi connectivity index (χ2n) is 7.18. The Morgan fingerprint density at radius 2 is 2.08 bits per heavy atom. The summed E-state index contributed by atoms with van der Waals surface area (Å²) in [7, 11) is 0. The van der Waals surface area contributed by atoms with Gasteiger partial charge in [-0.15, -0.1) is 0 Å². The van der Waals surface area contributed by atoms with Gasteiger partial charge in [0.2, 0.25) is 0 Å². The molecule has 1 heterocycles. The third-order valence-corrected chi connectivity index (χ3v) is 6.87. The van der Waals surface area contributed by atoms with Crippen LogP contribution in [0.25, 0.3) is 0 Å². The molecule has 24 heavy (non-hydrogen) atoms. The van der Waals surface area contributed by atoms with E-state index in [9.17, 15) is 9.90 Å². The van der Waals surface area contributed by atoms with Gasteiger partial charge in [-0.25, -0.2) is 0 Å². The smallest absolute Gasteiger partial charge is 0.180 e. The number of fused-ring (bicyclic) bond motifs is 1. The van der Waals surface area contributed by atoms with E-state index in [1.807, 2.05) is 6.08 Å². The van der Waals surface area contributed by atoms with E-state index in [1.165, 1.54) is 0 Å². The first-order chi connectivity index (χ1) is 11.6. The molecule has 0 aromatic carbocycles. The first kappa shape index (κ1) is 18.8. The lowest BCUT2D eigenvalue weighted by Crippen LogP contribution is -2.66. The van der Waals surface area contributed by atoms with E-state index in [-0.39, 0.29) is 31.0 Å². The molecular formula is C18H27IO5. The van der Waals surface area contributed by atoms with Gasteiger partial charge in [0.25, 0.3) is 0 Å². The zero-order chi connectivity index (χ0) is 17.2. The number of ether oxygens (including phenoxy) is 2. The van der Waals surface area contributed by atoms with Crippen LogP contribution in [0, 0.1) is 11.3 Å². The van der Waals surface area contributed by atoms with E-state index in [2.05, 4.69) is 22.6 Å². The fourth-order valence-corrected chi connectivity index (χ4v) is 5.81. The van der Waals surface area contributed by atoms with Gasteiger partial charge in [-0.2, -0.15) is 0 Å². The van der Waals surface area contributed by atoms with Gasteiger partial charge in [0.15, 0.2) is 5.78 Å². The standard InChI is InChI=1S/C18H27IO5/c19-14-11-17(12-21)15(23-8-4-2-1-3-7-20)10-13(14)18(16(17)22)6-5-9-24-18/h11,13,15,20-21H,1-10,12H2/t13?,15?,17-,18+/m1/s1. The van der Waals surface area contributed by atoms with Gasteiger partial charge >= 0.3 is 0 Å². The highest BCUT2D eigenvalue weighted by atomic mass is 127. The third kappa shape index (κ3) is 2.98. The quantitative estimate of drug-likeness (QED) is 0.439. The maximum absolute atomic E-state index is 13.3. The molecule has 2 bridgehead atoms. The number of ketones is 1. The van der Waals surface area contributed by atoms with Crippen molar-refractivity contribution >= 4 is 28.4 Å². The molecular weight excluding hydrogens is 423 g/mol. The number of hydrogen-bond donors (Lipinski definition) is 2. The highest BCUT2D eigenvalue weighted by molar-refractivity contribution is 14.1. The van der Waals surface area contributed by atoms with Gasteiger partial charge in [0, 0.05) is 25.7 Å². The summed E-state index contributed by atoms with van der Waals surface area (Å²) in [5.41, 5.74) is -1.67. The number of Topliss-reactive ketones (excluding diaryl/α,β-unsaturated/α-hetero) is 1. The van der Waals surface area contributed by atoms with Crippen molar-refractivity contribution in [3.05, 3.63) is 9.66 Å². The Kier molecular flexibility index (Phi) is 6.02. The Bertz CT molecular complexity index is 500. The Labute approximate surface area is 156 Å². The molecule has 0 radical (unpaired) electrons. The van der Waals surface area contributed by atoms with Crippen LogP contribution in [0.2, 0.25) is 0 Å². The fourth-order valence-electron chi connectivity index (χ4n) is 4.50. The van der Waals surface area contributed by atoms with E-state index in [0.717, 1.165) is 48.5 Å². The maximum atomic E-state index is 13.3. The minimum absolute atomic E-state index is 0.0250. The lowest BCUT2D eigenvalue weighted by Gasteiger charge is -2.54. The number of hydrogen-bond acceptors (Lipinski definition) is 5. The SMILES string of the molecule is O=C1[C@@]2(CO)C=C(I)C(CC2OCCCCCCO)[C@@]12CCCO2. The molecule has 136 valence electrons. The molecule has 0 aromatic rings. The van der Waals surface area contributed by atoms with Crippen molar-refractivity contribution in [3.8, 4) is 0 Å². The first-order valence-corrected chi connectivity index (χ1v) is 10.1. The number of carbonyl (C=O) groups excluding carboxylic acids is 1. The summed E-state index contributed by atoms with van der Waals surface area (Å²) in [6.45, 7) is 1.24. The van der Waals surface area contributed by atoms with Gasteiger partial charge in [-0.05, 0) is 58.3 Å². The predicted molar refractivity (Wildman–Crippen MR) is 97.9 cm³/mol. The van der Waals surface area contributed by atoms with Crippen LogP contribution in [0.5, 0.6) is 0 Å². The maximum Gasteiger partial charge on any atom is 0.180 e. The molecule has 6 heteroatoms. The summed E-state index contributed by atoms with van der Waals surface area (Å²) in [5.74, 6) is 0.0952. The molecule has 2 unspecified atom stereocenters. The molecule has 0 amide bonds. The fraction of sp³-hybridized carbons (Fsp3) is 0.833. The number of rotatable bonds is 8. The van der Waals surface area contributed by atoms with Crippen LogP contribution in [0.4, 0.5) is 0 Å². The Morgan fingerprint density at radius 3 is 2.75 bits per heavy atom. The van der Waals surface area contributed by atoms with Crippen LogP contribution in [-0.4, -0.2) is 54.1 Å². The van der Waals surface area contributed by atoms with Crippen LogP contribution in [0.1, 0.15) is 44.9 Å². The van der Waals surface area contributed by atoms with Gasteiger partial charge in [-0.3, -0.25) is 4.79 Å². The Balaban J connectivity index is 1.69. The van der Waals surface area contributed by atoms with E-state index >= 15 is 0 Å². The summed E-state index contributed by atoms with van der Waals surface area (Å²) in [5, 5.41) is 18.9. The number of halogens is 1. The van der Waals surface area contributed by atoms with E-state index < -0.39 is 11.0 Å². The van der Waals surface area contributed by atoms with Gasteiger partial charge < -0.3 is 19.7 Å². The lowest BCUT2D eigenvalue weighted by molar-refractivity contribution is -0.183. The van der Waals surface area contributed by atoms with E-state index in [4.69, 9.17) is 14.6 Å². The number of unbranched alkanes of at least 4 members (excludes halogenated alkanes) is 3. The molecule has 1 saturated carbocycles. The van der Waals surface area contributed by atoms with Crippen molar-refractivity contribution in [3.63, 3.8) is 0 Å². The zero-order valence-electron chi connectivity index (χ0n) is 14.0. The summed E-state index contributed by atoms with van der Waals surface area (Å²) in [4.78, 5) is 13.3. The van der Waals surface area contributed by atoms with Gasteiger partial charge in [0.05, 0.1) is 12.7 Å². The number of aliphatic hydroxyl groups excluding tert-OH is 2. The van der Waals surface area contributed by atoms with Crippen molar-refractivity contribution in [2.75, 3.05) is 26.4 Å². The molecule has 4 rings (SSSR count). The molecule has 1 saturated heterocycles. The van der Waals surface area contributed by atoms with Crippen molar-refractivity contribution in [2.24, 2.45) is 11.3 Å². The molecule has 4 atom stereocenters. The average Bonchev–Trinajstić information content (AvgIpc) is 3.06. The molecule has 0 aromatic heterocycles. The van der Waals surface area contributed by atoms with Gasteiger partial charge in [0.1, 0.15) is 11.0 Å². The highest BCUT2D eigenvalue weighted by Gasteiger charge is 2.66. The summed E-state index contributed by atoms with van der Waals surface area (Å²) < 4.78 is 13.2. The molecule has 1 spiro atoms. The van der Waals surface area contributed by atoms with Crippen molar-refractivity contribution in [2.45, 2.75) is 56.7 Å². The van der Waals surface area contributed by atoms with Crippen LogP contribution >= 0.6 is 22.6 Å². The Morgan fingerprint density at radius 1 is 1.29 bits per heavy atom. The minimum Gasteiger partial charge on any atom is -0.396 e. The normalized spacial score (nSPS) is 38.1. The largest absolute Gasteiger partial charge is 0.396 e. The van der Waals surface area contributed by atoms with Crippen LogP contribution in [-0.2, 0) is 14.3 Å². The molecule has 2 N–H and O–H groups in total.